The zero-order valence-electron chi connectivity index (χ0n) is 13.1. The van der Waals surface area contributed by atoms with Gasteiger partial charge in [0.2, 0.25) is 0 Å². The average Bonchev–Trinajstić information content (AvgIpc) is 2.48. The van der Waals surface area contributed by atoms with Crippen molar-refractivity contribution in [3.8, 4) is 11.1 Å². The van der Waals surface area contributed by atoms with Gasteiger partial charge in [-0.25, -0.2) is 4.39 Å². The van der Waals surface area contributed by atoms with E-state index in [1.807, 2.05) is 24.3 Å². The van der Waals surface area contributed by atoms with Crippen LogP contribution in [0.4, 0.5) is 4.39 Å². The van der Waals surface area contributed by atoms with Crippen LogP contribution in [0.3, 0.4) is 0 Å². The van der Waals surface area contributed by atoms with Gasteiger partial charge >= 0.3 is 0 Å². The standard InChI is InChI=1S/C19H24FN/c1-4-7-15-8-6-9-17(12-15)18-13-16(10-11-19(18)20)14(3)21-5-2/h6,8-14,21H,4-5,7H2,1-3H3. The van der Waals surface area contributed by atoms with Crippen LogP contribution in [0.1, 0.15) is 44.4 Å². The van der Waals surface area contributed by atoms with E-state index < -0.39 is 0 Å². The summed E-state index contributed by atoms with van der Waals surface area (Å²) in [6, 6.07) is 13.8. The van der Waals surface area contributed by atoms with Crippen molar-refractivity contribution in [1.29, 1.82) is 0 Å². The maximum Gasteiger partial charge on any atom is 0.131 e. The van der Waals surface area contributed by atoms with Crippen LogP contribution >= 0.6 is 0 Å². The SMILES string of the molecule is CCCc1cccc(-c2cc(C(C)NCC)ccc2F)c1. The van der Waals surface area contributed by atoms with E-state index in [1.165, 1.54) is 5.56 Å². The lowest BCUT2D eigenvalue weighted by Crippen LogP contribution is -2.17. The van der Waals surface area contributed by atoms with E-state index in [-0.39, 0.29) is 11.9 Å². The minimum absolute atomic E-state index is 0.156. The third-order valence-electron chi connectivity index (χ3n) is 3.78. The van der Waals surface area contributed by atoms with Gasteiger partial charge < -0.3 is 5.32 Å². The number of nitrogens with one attached hydrogen (secondary N) is 1. The summed E-state index contributed by atoms with van der Waals surface area (Å²) in [5.41, 5.74) is 4.04. The van der Waals surface area contributed by atoms with Crippen LogP contribution < -0.4 is 5.32 Å². The van der Waals surface area contributed by atoms with Crippen molar-refractivity contribution in [1.82, 2.24) is 5.32 Å². The molecule has 0 saturated carbocycles. The predicted octanol–water partition coefficient (Wildman–Crippen LogP) is 5.12. The fourth-order valence-electron chi connectivity index (χ4n) is 2.64. The third kappa shape index (κ3) is 3.92. The first-order valence-electron chi connectivity index (χ1n) is 7.77. The van der Waals surface area contributed by atoms with Gasteiger partial charge in [-0.3, -0.25) is 0 Å². The molecule has 2 aromatic rings. The molecule has 0 aliphatic carbocycles. The molecule has 0 amide bonds. The predicted molar refractivity (Wildman–Crippen MR) is 87.9 cm³/mol. The minimum atomic E-state index is -0.156. The molecule has 21 heavy (non-hydrogen) atoms. The van der Waals surface area contributed by atoms with Gasteiger partial charge in [0.1, 0.15) is 5.82 Å². The Kier molecular flexibility index (Phi) is 5.51. The first-order chi connectivity index (χ1) is 10.2. The molecule has 1 unspecified atom stereocenters. The molecule has 0 spiro atoms. The first kappa shape index (κ1) is 15.7. The van der Waals surface area contributed by atoms with Crippen LogP contribution in [0.5, 0.6) is 0 Å². The van der Waals surface area contributed by atoms with Crippen molar-refractivity contribution in [2.24, 2.45) is 0 Å². The van der Waals surface area contributed by atoms with Gasteiger partial charge in [-0.15, -0.1) is 0 Å². The Hall–Kier alpha value is -1.67. The molecule has 1 atom stereocenters. The summed E-state index contributed by atoms with van der Waals surface area (Å²) in [7, 11) is 0. The van der Waals surface area contributed by atoms with Crippen molar-refractivity contribution < 1.29 is 4.39 Å². The number of rotatable bonds is 6. The highest BCUT2D eigenvalue weighted by atomic mass is 19.1. The Morgan fingerprint density at radius 2 is 1.90 bits per heavy atom. The molecule has 1 N–H and O–H groups in total. The van der Waals surface area contributed by atoms with Crippen molar-refractivity contribution >= 4 is 0 Å². The fourth-order valence-corrected chi connectivity index (χ4v) is 2.64. The molecule has 2 rings (SSSR count). The van der Waals surface area contributed by atoms with E-state index in [9.17, 15) is 4.39 Å². The summed E-state index contributed by atoms with van der Waals surface area (Å²) in [5, 5.41) is 3.37. The molecule has 0 aliphatic rings. The monoisotopic (exact) mass is 285 g/mol. The summed E-state index contributed by atoms with van der Waals surface area (Å²) in [6.45, 7) is 7.25. The van der Waals surface area contributed by atoms with Crippen LogP contribution in [0.25, 0.3) is 11.1 Å². The molecule has 0 bridgehead atoms. The zero-order chi connectivity index (χ0) is 15.2. The third-order valence-corrected chi connectivity index (χ3v) is 3.78. The molecule has 2 aromatic carbocycles. The topological polar surface area (TPSA) is 12.0 Å². The van der Waals surface area contributed by atoms with Crippen molar-refractivity contribution in [3.05, 3.63) is 59.4 Å². The van der Waals surface area contributed by atoms with Gasteiger partial charge in [0.25, 0.3) is 0 Å². The van der Waals surface area contributed by atoms with Crippen LogP contribution in [-0.2, 0) is 6.42 Å². The Bertz CT molecular complexity index is 592. The largest absolute Gasteiger partial charge is 0.310 e. The van der Waals surface area contributed by atoms with Crippen LogP contribution in [-0.4, -0.2) is 6.54 Å². The molecule has 0 aliphatic heterocycles. The van der Waals surface area contributed by atoms with E-state index in [0.29, 0.717) is 5.56 Å². The number of aryl methyl sites for hydroxylation is 1. The maximum atomic E-state index is 14.2. The van der Waals surface area contributed by atoms with Crippen molar-refractivity contribution in [2.75, 3.05) is 6.54 Å². The second-order valence-electron chi connectivity index (χ2n) is 5.47. The molecule has 1 nitrogen and oxygen atoms in total. The number of hydrogen-bond acceptors (Lipinski definition) is 1. The highest BCUT2D eigenvalue weighted by Gasteiger charge is 2.10. The van der Waals surface area contributed by atoms with Gasteiger partial charge in [-0.2, -0.15) is 0 Å². The Morgan fingerprint density at radius 1 is 1.10 bits per heavy atom. The second-order valence-corrected chi connectivity index (χ2v) is 5.47. The van der Waals surface area contributed by atoms with E-state index in [2.05, 4.69) is 38.2 Å². The lowest BCUT2D eigenvalue weighted by Gasteiger charge is -2.15. The maximum absolute atomic E-state index is 14.2. The van der Waals surface area contributed by atoms with E-state index in [1.54, 1.807) is 6.07 Å². The molecule has 0 aromatic heterocycles. The summed E-state index contributed by atoms with van der Waals surface area (Å²) in [6.07, 6.45) is 2.13. The number of benzene rings is 2. The first-order valence-corrected chi connectivity index (χ1v) is 7.77. The Balaban J connectivity index is 2.38. The molecule has 0 radical (unpaired) electrons. The van der Waals surface area contributed by atoms with Gasteiger partial charge in [0, 0.05) is 11.6 Å². The summed E-state index contributed by atoms with van der Waals surface area (Å²) >= 11 is 0. The van der Waals surface area contributed by atoms with E-state index in [0.717, 1.165) is 30.5 Å². The van der Waals surface area contributed by atoms with Gasteiger partial charge in [-0.05, 0) is 48.7 Å². The zero-order valence-corrected chi connectivity index (χ0v) is 13.1. The molecule has 112 valence electrons. The lowest BCUT2D eigenvalue weighted by atomic mass is 9.97. The van der Waals surface area contributed by atoms with E-state index in [4.69, 9.17) is 0 Å². The lowest BCUT2D eigenvalue weighted by molar-refractivity contribution is 0.593. The minimum Gasteiger partial charge on any atom is -0.310 e. The summed E-state index contributed by atoms with van der Waals surface area (Å²) in [4.78, 5) is 0. The molecule has 0 heterocycles. The highest BCUT2D eigenvalue weighted by molar-refractivity contribution is 5.66. The molecular formula is C19H24FN. The quantitative estimate of drug-likeness (QED) is 0.777. The second kappa shape index (κ2) is 7.37. The van der Waals surface area contributed by atoms with Crippen molar-refractivity contribution in [2.45, 2.75) is 39.7 Å². The number of halogens is 1. The summed E-state index contributed by atoms with van der Waals surface area (Å²) < 4.78 is 14.2. The Morgan fingerprint density at radius 3 is 2.62 bits per heavy atom. The smallest absolute Gasteiger partial charge is 0.131 e. The van der Waals surface area contributed by atoms with Crippen LogP contribution in [0, 0.1) is 5.82 Å². The molecule has 0 saturated heterocycles. The van der Waals surface area contributed by atoms with Crippen LogP contribution in [0.2, 0.25) is 0 Å². The number of hydrogen-bond donors (Lipinski definition) is 1. The van der Waals surface area contributed by atoms with Gasteiger partial charge in [-0.1, -0.05) is 50.6 Å². The van der Waals surface area contributed by atoms with Crippen molar-refractivity contribution in [3.63, 3.8) is 0 Å². The average molecular weight is 285 g/mol. The highest BCUT2D eigenvalue weighted by Crippen LogP contribution is 2.27. The van der Waals surface area contributed by atoms with E-state index >= 15 is 0 Å². The van der Waals surface area contributed by atoms with Crippen LogP contribution in [0.15, 0.2) is 42.5 Å². The van der Waals surface area contributed by atoms with Gasteiger partial charge in [0.05, 0.1) is 0 Å². The molecule has 0 fully saturated rings. The fraction of sp³-hybridized carbons (Fsp3) is 0.368. The molecular weight excluding hydrogens is 261 g/mol. The normalized spacial score (nSPS) is 12.4. The molecule has 2 heteroatoms. The van der Waals surface area contributed by atoms with Gasteiger partial charge in [0.15, 0.2) is 0 Å². The Labute approximate surface area is 127 Å². The summed E-state index contributed by atoms with van der Waals surface area (Å²) in [5.74, 6) is -0.156.